The Bertz CT molecular complexity index is 2030. The van der Waals surface area contributed by atoms with E-state index in [4.69, 9.17) is 11.5 Å². The quantitative estimate of drug-likeness (QED) is 0.0371. The second-order valence-corrected chi connectivity index (χ2v) is 16.5. The standard InChI is InChI=1S/C49H67N9O3/c50-35-56-40(33-53-29-11-9-16-38-24-22-37(23-25-38)15-8-10-28-52-30-12-17-36-13-2-1-3-14-36)34-55-48(60)46-27-26-41-18-4-6-21-45(49(61)58(41)46)57-47(59)43(51)31-39-32-54-44-20-7-5-19-42(39)44/h1-3,5,7,12-14,19-20,22-25,30,32-33,41,43,45-46,52-54,56H,4,6,8-11,15-18,21,26-29,31,34-35,50-51H2,(H,55,60)(H,57,59)/b30-12+,40-33-/t41-,43-,45-,46-/m0/s1. The SMILES string of the molecule is NCN/C(=C\NCCCCc1ccc(CCCCN/C=C/Cc2ccccc2)cc1)CNC(=O)[C@@H]1CC[C@@H]2CCCC[C@H](NC(=O)[C@@H](N)Cc3c[nH]c4ccccc34)C(=O)N21. The van der Waals surface area contributed by atoms with Crippen LogP contribution in [-0.4, -0.2) is 78.1 Å². The number of aromatic nitrogens is 1. The highest BCUT2D eigenvalue weighted by Gasteiger charge is 2.44. The molecule has 0 spiro atoms. The summed E-state index contributed by atoms with van der Waals surface area (Å²) in [6.45, 7) is 2.26. The fraction of sp³-hybridized carbons (Fsp3) is 0.449. The number of unbranched alkanes of at least 4 members (excludes halogenated alkanes) is 2. The zero-order valence-corrected chi connectivity index (χ0v) is 35.7. The molecule has 10 N–H and O–H groups in total. The molecule has 326 valence electrons. The first-order chi connectivity index (χ1) is 29.9. The first kappa shape index (κ1) is 44.9. The predicted molar refractivity (Wildman–Crippen MR) is 245 cm³/mol. The van der Waals surface area contributed by atoms with E-state index in [-0.39, 0.29) is 37.0 Å². The number of aromatic amines is 1. The van der Waals surface area contributed by atoms with Crippen molar-refractivity contribution in [3.05, 3.63) is 131 Å². The molecule has 2 fully saturated rings. The normalized spacial score (nSPS) is 18.7. The number of aryl methyl sites for hydroxylation is 2. The number of allylic oxidation sites excluding steroid dienone is 1. The Morgan fingerprint density at radius 1 is 0.803 bits per heavy atom. The zero-order valence-electron chi connectivity index (χ0n) is 35.7. The van der Waals surface area contributed by atoms with Gasteiger partial charge in [0.25, 0.3) is 0 Å². The fourth-order valence-electron chi connectivity index (χ4n) is 8.58. The summed E-state index contributed by atoms with van der Waals surface area (Å²) in [7, 11) is 0. The molecule has 12 nitrogen and oxygen atoms in total. The second-order valence-electron chi connectivity index (χ2n) is 16.5. The van der Waals surface area contributed by atoms with Crippen LogP contribution < -0.4 is 38.1 Å². The van der Waals surface area contributed by atoms with Gasteiger partial charge in [-0.2, -0.15) is 0 Å². The van der Waals surface area contributed by atoms with Crippen LogP contribution in [0.4, 0.5) is 0 Å². The first-order valence-electron chi connectivity index (χ1n) is 22.5. The van der Waals surface area contributed by atoms with E-state index in [1.54, 1.807) is 4.90 Å². The van der Waals surface area contributed by atoms with Crippen molar-refractivity contribution in [2.75, 3.05) is 26.3 Å². The molecule has 0 radical (unpaired) electrons. The van der Waals surface area contributed by atoms with E-state index in [0.29, 0.717) is 19.3 Å². The zero-order chi connectivity index (χ0) is 42.7. The maximum atomic E-state index is 14.1. The molecule has 3 aromatic carbocycles. The number of hydrogen-bond donors (Lipinski definition) is 8. The lowest BCUT2D eigenvalue weighted by atomic mass is 9.98. The van der Waals surface area contributed by atoms with E-state index in [2.05, 4.69) is 92.4 Å². The number of benzene rings is 3. The number of rotatable bonds is 23. The summed E-state index contributed by atoms with van der Waals surface area (Å²) in [6.07, 6.45) is 20.2. The smallest absolute Gasteiger partial charge is 0.246 e. The van der Waals surface area contributed by atoms with E-state index in [1.165, 1.54) is 16.7 Å². The van der Waals surface area contributed by atoms with Gasteiger partial charge in [0.1, 0.15) is 12.1 Å². The van der Waals surface area contributed by atoms with Crippen molar-refractivity contribution >= 4 is 28.6 Å². The van der Waals surface area contributed by atoms with Crippen LogP contribution >= 0.6 is 0 Å². The van der Waals surface area contributed by atoms with Gasteiger partial charge in [0.15, 0.2) is 0 Å². The highest BCUT2D eigenvalue weighted by Crippen LogP contribution is 2.31. The molecule has 0 saturated carbocycles. The summed E-state index contributed by atoms with van der Waals surface area (Å²) in [5.41, 5.74) is 19.0. The molecule has 61 heavy (non-hydrogen) atoms. The number of para-hydroxylation sites is 1. The Morgan fingerprint density at radius 2 is 1.51 bits per heavy atom. The molecule has 3 heterocycles. The Labute approximate surface area is 361 Å². The molecule has 1 aromatic heterocycles. The van der Waals surface area contributed by atoms with Crippen molar-refractivity contribution in [2.45, 2.75) is 114 Å². The van der Waals surface area contributed by atoms with E-state index in [0.717, 1.165) is 106 Å². The summed E-state index contributed by atoms with van der Waals surface area (Å²) in [4.78, 5) is 46.0. The minimum absolute atomic E-state index is 0.0313. The lowest BCUT2D eigenvalue weighted by Gasteiger charge is -2.35. The van der Waals surface area contributed by atoms with Gasteiger partial charge in [-0.05, 0) is 112 Å². The average Bonchev–Trinajstić information content (AvgIpc) is 3.89. The fourth-order valence-corrected chi connectivity index (χ4v) is 8.58. The third-order valence-electron chi connectivity index (χ3n) is 12.0. The van der Waals surface area contributed by atoms with Crippen molar-refractivity contribution in [1.29, 1.82) is 0 Å². The summed E-state index contributed by atoms with van der Waals surface area (Å²) >= 11 is 0. The first-order valence-corrected chi connectivity index (χ1v) is 22.5. The van der Waals surface area contributed by atoms with Gasteiger partial charge in [0.05, 0.1) is 19.3 Å². The molecule has 0 aliphatic carbocycles. The molecule has 4 atom stereocenters. The minimum atomic E-state index is -0.815. The maximum absolute atomic E-state index is 14.1. The molecule has 2 saturated heterocycles. The minimum Gasteiger partial charge on any atom is -0.391 e. The lowest BCUT2D eigenvalue weighted by Crippen LogP contribution is -2.58. The highest BCUT2D eigenvalue weighted by molar-refractivity contribution is 5.94. The van der Waals surface area contributed by atoms with Crippen LogP contribution in [0, 0.1) is 0 Å². The lowest BCUT2D eigenvalue weighted by molar-refractivity contribution is -0.144. The molecule has 4 aromatic rings. The van der Waals surface area contributed by atoms with Gasteiger partial charge in [0, 0.05) is 48.1 Å². The van der Waals surface area contributed by atoms with Gasteiger partial charge in [-0.3, -0.25) is 14.4 Å². The maximum Gasteiger partial charge on any atom is 0.246 e. The van der Waals surface area contributed by atoms with Crippen LogP contribution in [-0.2, 0) is 40.1 Å². The van der Waals surface area contributed by atoms with E-state index >= 15 is 0 Å². The topological polar surface area (TPSA) is 182 Å². The van der Waals surface area contributed by atoms with Gasteiger partial charge in [-0.25, -0.2) is 0 Å². The second kappa shape index (κ2) is 24.0. The number of amides is 3. The summed E-state index contributed by atoms with van der Waals surface area (Å²) in [5, 5.41) is 17.0. The molecule has 0 bridgehead atoms. The summed E-state index contributed by atoms with van der Waals surface area (Å²) in [6, 6.07) is 25.3. The van der Waals surface area contributed by atoms with Crippen molar-refractivity contribution < 1.29 is 14.4 Å². The largest absolute Gasteiger partial charge is 0.391 e. The monoisotopic (exact) mass is 830 g/mol. The molecule has 12 heteroatoms. The van der Waals surface area contributed by atoms with Gasteiger partial charge in [0.2, 0.25) is 17.7 Å². The van der Waals surface area contributed by atoms with E-state index in [1.807, 2.05) is 42.7 Å². The Balaban J connectivity index is 0.880. The predicted octanol–water partition coefficient (Wildman–Crippen LogP) is 5.20. The average molecular weight is 830 g/mol. The highest BCUT2D eigenvalue weighted by atomic mass is 16.2. The molecule has 0 unspecified atom stereocenters. The summed E-state index contributed by atoms with van der Waals surface area (Å²) in [5.74, 6) is -0.766. The number of carbonyl (C=O) groups excluding carboxylic acids is 3. The number of H-pyrrole nitrogens is 1. The summed E-state index contributed by atoms with van der Waals surface area (Å²) < 4.78 is 0. The van der Waals surface area contributed by atoms with Crippen LogP contribution in [0.5, 0.6) is 0 Å². The van der Waals surface area contributed by atoms with Crippen molar-refractivity contribution in [2.24, 2.45) is 11.5 Å². The molecule has 2 aliphatic rings. The van der Waals surface area contributed by atoms with Gasteiger partial charge >= 0.3 is 0 Å². The van der Waals surface area contributed by atoms with Crippen LogP contribution in [0.3, 0.4) is 0 Å². The number of hydrogen-bond acceptors (Lipinski definition) is 8. The molecule has 6 rings (SSSR count). The number of fused-ring (bicyclic) bond motifs is 2. The number of nitrogens with two attached hydrogens (primary N) is 2. The third kappa shape index (κ3) is 13.7. The van der Waals surface area contributed by atoms with E-state index in [9.17, 15) is 14.4 Å². The molecule has 2 aliphatic heterocycles. The Hall–Kier alpha value is -5.59. The van der Waals surface area contributed by atoms with E-state index < -0.39 is 18.1 Å². The van der Waals surface area contributed by atoms with Gasteiger partial charge in [-0.1, -0.05) is 91.7 Å². The Kier molecular flexibility index (Phi) is 17.7. The Morgan fingerprint density at radius 3 is 2.26 bits per heavy atom. The number of nitrogens with one attached hydrogen (secondary N) is 6. The van der Waals surface area contributed by atoms with Crippen LogP contribution in [0.25, 0.3) is 10.9 Å². The van der Waals surface area contributed by atoms with Gasteiger partial charge < -0.3 is 47.9 Å². The van der Waals surface area contributed by atoms with Crippen molar-refractivity contribution in [3.8, 4) is 0 Å². The molecule has 3 amide bonds. The van der Waals surface area contributed by atoms with Gasteiger partial charge in [-0.15, -0.1) is 0 Å². The van der Waals surface area contributed by atoms with Crippen LogP contribution in [0.2, 0.25) is 0 Å². The molecular weight excluding hydrogens is 763 g/mol. The van der Waals surface area contributed by atoms with Crippen molar-refractivity contribution in [3.63, 3.8) is 0 Å². The third-order valence-corrected chi connectivity index (χ3v) is 12.0. The number of nitrogens with zero attached hydrogens (tertiary/aromatic N) is 1. The van der Waals surface area contributed by atoms with Crippen LogP contribution in [0.15, 0.2) is 109 Å². The molecular formula is C49H67N9O3. The number of carbonyl (C=O) groups is 3. The van der Waals surface area contributed by atoms with Crippen LogP contribution in [0.1, 0.15) is 86.5 Å². The van der Waals surface area contributed by atoms with Crippen molar-refractivity contribution in [1.82, 2.24) is 36.5 Å².